The molecule has 3 heterocycles. The second-order valence-corrected chi connectivity index (χ2v) is 6.49. The molecule has 0 unspecified atom stereocenters. The summed E-state index contributed by atoms with van der Waals surface area (Å²) in [6, 6.07) is 0. The number of nitrogens with zero attached hydrogens (tertiary/aromatic N) is 2. The van der Waals surface area contributed by atoms with Gasteiger partial charge in [-0.3, -0.25) is 4.90 Å². The van der Waals surface area contributed by atoms with Gasteiger partial charge in [-0.25, -0.2) is 0 Å². The Hall–Kier alpha value is -0.950. The molecule has 0 aromatic carbocycles. The summed E-state index contributed by atoms with van der Waals surface area (Å²) in [6.07, 6.45) is 4.78. The van der Waals surface area contributed by atoms with Crippen LogP contribution < -0.4 is 0 Å². The van der Waals surface area contributed by atoms with Gasteiger partial charge in [0.25, 0.3) is 0 Å². The van der Waals surface area contributed by atoms with Gasteiger partial charge >= 0.3 is 0 Å². The lowest BCUT2D eigenvalue weighted by Crippen LogP contribution is -2.30. The SMILES string of the molecule is Cc1noc(C)c1CO[C@@H]1CCN(CCO[C@@H]2CCCCO2)C1. The van der Waals surface area contributed by atoms with Crippen molar-refractivity contribution in [2.24, 2.45) is 0 Å². The molecular formula is C17H28N2O4. The molecule has 0 saturated carbocycles. The van der Waals surface area contributed by atoms with Gasteiger partial charge in [0.1, 0.15) is 5.76 Å². The van der Waals surface area contributed by atoms with Crippen molar-refractivity contribution in [2.75, 3.05) is 32.8 Å². The highest BCUT2D eigenvalue weighted by molar-refractivity contribution is 5.19. The molecule has 2 aliphatic rings. The van der Waals surface area contributed by atoms with Gasteiger partial charge in [-0.1, -0.05) is 5.16 Å². The van der Waals surface area contributed by atoms with Gasteiger partial charge in [0, 0.05) is 31.8 Å². The number of rotatable bonds is 7. The lowest BCUT2D eigenvalue weighted by molar-refractivity contribution is -0.164. The summed E-state index contributed by atoms with van der Waals surface area (Å²) in [6.45, 7) is 9.05. The van der Waals surface area contributed by atoms with Gasteiger partial charge in [0.2, 0.25) is 0 Å². The Morgan fingerprint density at radius 1 is 1.22 bits per heavy atom. The highest BCUT2D eigenvalue weighted by atomic mass is 16.7. The van der Waals surface area contributed by atoms with Crippen LogP contribution in [0.4, 0.5) is 0 Å². The summed E-state index contributed by atoms with van der Waals surface area (Å²) >= 11 is 0. The monoisotopic (exact) mass is 324 g/mol. The maximum atomic E-state index is 6.03. The van der Waals surface area contributed by atoms with Crippen molar-refractivity contribution in [3.05, 3.63) is 17.0 Å². The Bertz CT molecular complexity index is 465. The minimum atomic E-state index is 0.0120. The molecule has 2 saturated heterocycles. The standard InChI is InChI=1S/C17H28N2O4/c1-13-16(14(2)23-18-13)12-22-15-6-7-19(11-15)8-10-21-17-5-3-4-9-20-17/h15,17H,3-12H2,1-2H3/t15-,17-/m1/s1. The molecule has 0 spiro atoms. The van der Waals surface area contributed by atoms with Crippen molar-refractivity contribution in [3.8, 4) is 0 Å². The molecule has 0 N–H and O–H groups in total. The Labute approximate surface area is 138 Å². The third kappa shape index (κ3) is 4.76. The highest BCUT2D eigenvalue weighted by Gasteiger charge is 2.24. The van der Waals surface area contributed by atoms with Crippen LogP contribution in [0.25, 0.3) is 0 Å². The van der Waals surface area contributed by atoms with Crippen LogP contribution in [0, 0.1) is 13.8 Å². The molecule has 6 nitrogen and oxygen atoms in total. The minimum absolute atomic E-state index is 0.0120. The molecule has 2 atom stereocenters. The maximum Gasteiger partial charge on any atom is 0.157 e. The maximum absolute atomic E-state index is 6.03. The van der Waals surface area contributed by atoms with Crippen LogP contribution in [0.15, 0.2) is 4.52 Å². The van der Waals surface area contributed by atoms with E-state index in [1.54, 1.807) is 0 Å². The predicted molar refractivity (Wildman–Crippen MR) is 85.2 cm³/mol. The zero-order chi connectivity index (χ0) is 16.1. The average molecular weight is 324 g/mol. The molecular weight excluding hydrogens is 296 g/mol. The van der Waals surface area contributed by atoms with Crippen LogP contribution in [-0.2, 0) is 20.8 Å². The van der Waals surface area contributed by atoms with E-state index in [0.29, 0.717) is 6.61 Å². The number of hydrogen-bond acceptors (Lipinski definition) is 6. The van der Waals surface area contributed by atoms with Crippen LogP contribution in [0.2, 0.25) is 0 Å². The van der Waals surface area contributed by atoms with E-state index < -0.39 is 0 Å². The Morgan fingerprint density at radius 3 is 2.87 bits per heavy atom. The molecule has 130 valence electrons. The van der Waals surface area contributed by atoms with Crippen LogP contribution >= 0.6 is 0 Å². The zero-order valence-electron chi connectivity index (χ0n) is 14.3. The molecule has 23 heavy (non-hydrogen) atoms. The van der Waals surface area contributed by atoms with Crippen molar-refractivity contribution in [1.29, 1.82) is 0 Å². The summed E-state index contributed by atoms with van der Waals surface area (Å²) in [4.78, 5) is 2.40. The van der Waals surface area contributed by atoms with Crippen LogP contribution in [-0.4, -0.2) is 55.3 Å². The first-order chi connectivity index (χ1) is 11.2. The normalized spacial score (nSPS) is 26.0. The summed E-state index contributed by atoms with van der Waals surface area (Å²) in [5.74, 6) is 0.859. The van der Waals surface area contributed by atoms with E-state index in [-0.39, 0.29) is 12.4 Å². The topological polar surface area (TPSA) is 57.0 Å². The van der Waals surface area contributed by atoms with E-state index in [1.807, 2.05) is 13.8 Å². The van der Waals surface area contributed by atoms with Crippen molar-refractivity contribution < 1.29 is 18.7 Å². The number of likely N-dealkylation sites (tertiary alicyclic amines) is 1. The van der Waals surface area contributed by atoms with Crippen molar-refractivity contribution in [1.82, 2.24) is 10.1 Å². The van der Waals surface area contributed by atoms with Gasteiger partial charge in [-0.05, 0) is 39.5 Å². The molecule has 1 aromatic heterocycles. The van der Waals surface area contributed by atoms with Crippen molar-refractivity contribution in [3.63, 3.8) is 0 Å². The smallest absolute Gasteiger partial charge is 0.157 e. The summed E-state index contributed by atoms with van der Waals surface area (Å²) < 4.78 is 22.6. The fraction of sp³-hybridized carbons (Fsp3) is 0.824. The second kappa shape index (κ2) is 8.24. The fourth-order valence-electron chi connectivity index (χ4n) is 3.20. The average Bonchev–Trinajstić information content (AvgIpc) is 3.14. The lowest BCUT2D eigenvalue weighted by atomic mass is 10.2. The highest BCUT2D eigenvalue weighted by Crippen LogP contribution is 2.19. The van der Waals surface area contributed by atoms with Crippen molar-refractivity contribution >= 4 is 0 Å². The van der Waals surface area contributed by atoms with Crippen LogP contribution in [0.1, 0.15) is 42.7 Å². The third-order valence-corrected chi connectivity index (χ3v) is 4.72. The lowest BCUT2D eigenvalue weighted by Gasteiger charge is -2.24. The molecule has 0 amide bonds. The van der Waals surface area contributed by atoms with Crippen LogP contribution in [0.3, 0.4) is 0 Å². The van der Waals surface area contributed by atoms with E-state index in [2.05, 4.69) is 10.1 Å². The largest absolute Gasteiger partial charge is 0.372 e. The summed E-state index contributed by atoms with van der Waals surface area (Å²) in [5, 5.41) is 3.97. The van der Waals surface area contributed by atoms with E-state index in [4.69, 9.17) is 18.7 Å². The van der Waals surface area contributed by atoms with E-state index in [0.717, 1.165) is 69.1 Å². The first-order valence-corrected chi connectivity index (χ1v) is 8.71. The number of ether oxygens (including phenoxy) is 3. The fourth-order valence-corrected chi connectivity index (χ4v) is 3.20. The number of hydrogen-bond donors (Lipinski definition) is 0. The Kier molecular flexibility index (Phi) is 6.05. The third-order valence-electron chi connectivity index (χ3n) is 4.72. The molecule has 6 heteroatoms. The molecule has 0 bridgehead atoms. The quantitative estimate of drug-likeness (QED) is 0.768. The van der Waals surface area contributed by atoms with Crippen molar-refractivity contribution in [2.45, 2.75) is 58.5 Å². The summed E-state index contributed by atoms with van der Waals surface area (Å²) in [7, 11) is 0. The first kappa shape index (κ1) is 16.9. The summed E-state index contributed by atoms with van der Waals surface area (Å²) in [5.41, 5.74) is 2.01. The van der Waals surface area contributed by atoms with Gasteiger partial charge in [-0.15, -0.1) is 0 Å². The number of aromatic nitrogens is 1. The Morgan fingerprint density at radius 2 is 2.13 bits per heavy atom. The molecule has 0 radical (unpaired) electrons. The molecule has 2 fully saturated rings. The predicted octanol–water partition coefficient (Wildman–Crippen LogP) is 2.43. The first-order valence-electron chi connectivity index (χ1n) is 8.71. The molecule has 3 rings (SSSR count). The van der Waals surface area contributed by atoms with Gasteiger partial charge in [0.15, 0.2) is 6.29 Å². The minimum Gasteiger partial charge on any atom is -0.372 e. The second-order valence-electron chi connectivity index (χ2n) is 6.49. The van der Waals surface area contributed by atoms with E-state index in [1.165, 1.54) is 6.42 Å². The van der Waals surface area contributed by atoms with E-state index >= 15 is 0 Å². The molecule has 2 aliphatic heterocycles. The molecule has 1 aromatic rings. The van der Waals surface area contributed by atoms with Gasteiger partial charge < -0.3 is 18.7 Å². The van der Waals surface area contributed by atoms with Gasteiger partial charge in [-0.2, -0.15) is 0 Å². The molecule has 0 aliphatic carbocycles. The van der Waals surface area contributed by atoms with Gasteiger partial charge in [0.05, 0.1) is 25.0 Å². The van der Waals surface area contributed by atoms with E-state index in [9.17, 15) is 0 Å². The zero-order valence-corrected chi connectivity index (χ0v) is 14.3. The Balaban J connectivity index is 1.32. The van der Waals surface area contributed by atoms with Crippen LogP contribution in [0.5, 0.6) is 0 Å². The number of aryl methyl sites for hydroxylation is 2.